The molecule has 2 aromatic carbocycles. The molecule has 0 heterocycles. The highest BCUT2D eigenvalue weighted by Gasteiger charge is 2.06. The van der Waals surface area contributed by atoms with Gasteiger partial charge in [-0.2, -0.15) is 0 Å². The third-order valence-electron chi connectivity index (χ3n) is 2.25. The summed E-state index contributed by atoms with van der Waals surface area (Å²) in [5, 5.41) is 1.08. The van der Waals surface area contributed by atoms with E-state index < -0.39 is 0 Å². The maximum atomic E-state index is 6.08. The van der Waals surface area contributed by atoms with Crippen molar-refractivity contribution < 1.29 is 4.74 Å². The minimum absolute atomic E-state index is 0.391. The van der Waals surface area contributed by atoms with Gasteiger partial charge in [-0.25, -0.2) is 0 Å². The summed E-state index contributed by atoms with van der Waals surface area (Å²) in [4.78, 5) is 0. The molecule has 88 valence electrons. The Morgan fingerprint density at radius 1 is 1.00 bits per heavy atom. The number of ether oxygens (including phenoxy) is 1. The van der Waals surface area contributed by atoms with E-state index in [-0.39, 0.29) is 0 Å². The molecule has 0 saturated carbocycles. The molecule has 2 rings (SSSR count). The van der Waals surface area contributed by atoms with Crippen LogP contribution in [0.4, 0.5) is 0 Å². The van der Waals surface area contributed by atoms with E-state index in [0.717, 1.165) is 15.8 Å². The van der Waals surface area contributed by atoms with Crippen LogP contribution < -0.4 is 4.74 Å². The maximum absolute atomic E-state index is 6.08. The van der Waals surface area contributed by atoms with E-state index in [1.165, 1.54) is 0 Å². The van der Waals surface area contributed by atoms with Crippen LogP contribution in [0.2, 0.25) is 10.0 Å². The van der Waals surface area contributed by atoms with Gasteiger partial charge in [-0.1, -0.05) is 47.5 Å². The van der Waals surface area contributed by atoms with E-state index >= 15 is 0 Å². The molecular weight excluding hydrogens is 323 g/mol. The largest absolute Gasteiger partial charge is 0.488 e. The molecule has 0 aliphatic carbocycles. The minimum atomic E-state index is 0.391. The third-order valence-corrected chi connectivity index (χ3v) is 3.76. The Labute approximate surface area is 118 Å². The van der Waals surface area contributed by atoms with E-state index in [1.807, 2.05) is 36.4 Å². The molecule has 0 saturated heterocycles. The Balaban J connectivity index is 2.13. The molecule has 0 aliphatic heterocycles. The fourth-order valence-electron chi connectivity index (χ4n) is 1.38. The molecule has 0 atom stereocenters. The van der Waals surface area contributed by atoms with E-state index in [1.54, 1.807) is 6.07 Å². The van der Waals surface area contributed by atoms with Crippen LogP contribution in [0.5, 0.6) is 5.75 Å². The Morgan fingerprint density at radius 2 is 1.76 bits per heavy atom. The first kappa shape index (κ1) is 12.7. The second-order valence-electron chi connectivity index (χ2n) is 3.43. The van der Waals surface area contributed by atoms with Crippen molar-refractivity contribution in [3.8, 4) is 5.75 Å². The number of para-hydroxylation sites is 1. The molecular formula is C13H9BrCl2O. The summed E-state index contributed by atoms with van der Waals surface area (Å²) in [7, 11) is 0. The maximum Gasteiger partial charge on any atom is 0.133 e. The monoisotopic (exact) mass is 330 g/mol. The van der Waals surface area contributed by atoms with Crippen LogP contribution in [-0.4, -0.2) is 0 Å². The smallest absolute Gasteiger partial charge is 0.133 e. The van der Waals surface area contributed by atoms with Crippen LogP contribution in [0, 0.1) is 0 Å². The lowest BCUT2D eigenvalue weighted by Crippen LogP contribution is -1.96. The Morgan fingerprint density at radius 3 is 2.53 bits per heavy atom. The van der Waals surface area contributed by atoms with E-state index in [9.17, 15) is 0 Å². The molecule has 0 unspecified atom stereocenters. The van der Waals surface area contributed by atoms with Crippen LogP contribution in [0.15, 0.2) is 46.9 Å². The molecule has 4 heteroatoms. The van der Waals surface area contributed by atoms with Gasteiger partial charge in [0, 0.05) is 5.56 Å². The van der Waals surface area contributed by atoms with Crippen LogP contribution in [0.3, 0.4) is 0 Å². The Hall–Kier alpha value is -0.700. The zero-order valence-corrected chi connectivity index (χ0v) is 11.9. The van der Waals surface area contributed by atoms with Gasteiger partial charge >= 0.3 is 0 Å². The Bertz CT molecular complexity index is 529. The van der Waals surface area contributed by atoms with Crippen molar-refractivity contribution in [3.05, 3.63) is 62.5 Å². The van der Waals surface area contributed by atoms with Gasteiger partial charge in [-0.3, -0.25) is 0 Å². The first-order valence-corrected chi connectivity index (χ1v) is 6.53. The SMILES string of the molecule is Clc1cccc(COc2ccccc2Br)c1Cl. The zero-order valence-electron chi connectivity index (χ0n) is 8.79. The highest BCUT2D eigenvalue weighted by Crippen LogP contribution is 2.28. The molecule has 0 radical (unpaired) electrons. The van der Waals surface area contributed by atoms with Gasteiger partial charge in [-0.15, -0.1) is 0 Å². The van der Waals surface area contributed by atoms with Crippen molar-refractivity contribution >= 4 is 39.1 Å². The first-order chi connectivity index (χ1) is 8.18. The molecule has 0 amide bonds. The fraction of sp³-hybridized carbons (Fsp3) is 0.0769. The van der Waals surface area contributed by atoms with Gasteiger partial charge in [0.25, 0.3) is 0 Å². The molecule has 0 fully saturated rings. The van der Waals surface area contributed by atoms with E-state index in [4.69, 9.17) is 27.9 Å². The zero-order chi connectivity index (χ0) is 12.3. The van der Waals surface area contributed by atoms with Crippen molar-refractivity contribution in [3.63, 3.8) is 0 Å². The first-order valence-electron chi connectivity index (χ1n) is 4.98. The Kier molecular flexibility index (Phi) is 4.32. The normalized spacial score (nSPS) is 10.3. The van der Waals surface area contributed by atoms with Crippen molar-refractivity contribution in [2.75, 3.05) is 0 Å². The van der Waals surface area contributed by atoms with Gasteiger partial charge in [0.1, 0.15) is 12.4 Å². The number of benzene rings is 2. The predicted molar refractivity (Wildman–Crippen MR) is 74.9 cm³/mol. The highest BCUT2D eigenvalue weighted by molar-refractivity contribution is 9.10. The quantitative estimate of drug-likeness (QED) is 0.738. The van der Waals surface area contributed by atoms with Gasteiger partial charge < -0.3 is 4.74 Å². The summed E-state index contributed by atoms with van der Waals surface area (Å²) in [6.07, 6.45) is 0. The summed E-state index contributed by atoms with van der Waals surface area (Å²) in [5.41, 5.74) is 0.870. The van der Waals surface area contributed by atoms with Gasteiger partial charge in [-0.05, 0) is 34.1 Å². The van der Waals surface area contributed by atoms with Gasteiger partial charge in [0.2, 0.25) is 0 Å². The van der Waals surface area contributed by atoms with Crippen LogP contribution in [0.1, 0.15) is 5.56 Å². The topological polar surface area (TPSA) is 9.23 Å². The fourth-order valence-corrected chi connectivity index (χ4v) is 2.15. The number of hydrogen-bond donors (Lipinski definition) is 0. The van der Waals surface area contributed by atoms with Crippen molar-refractivity contribution in [1.82, 2.24) is 0 Å². The number of hydrogen-bond acceptors (Lipinski definition) is 1. The predicted octanol–water partition coefficient (Wildman–Crippen LogP) is 5.33. The van der Waals surface area contributed by atoms with Crippen LogP contribution in [-0.2, 0) is 6.61 Å². The van der Waals surface area contributed by atoms with Gasteiger partial charge in [0.15, 0.2) is 0 Å². The van der Waals surface area contributed by atoms with E-state index in [0.29, 0.717) is 16.7 Å². The minimum Gasteiger partial charge on any atom is -0.488 e. The molecule has 0 N–H and O–H groups in total. The molecule has 0 spiro atoms. The average Bonchev–Trinajstić information content (AvgIpc) is 2.33. The molecule has 17 heavy (non-hydrogen) atoms. The van der Waals surface area contributed by atoms with Crippen LogP contribution >= 0.6 is 39.1 Å². The average molecular weight is 332 g/mol. The lowest BCUT2D eigenvalue weighted by Gasteiger charge is -2.09. The summed E-state index contributed by atoms with van der Waals surface area (Å²) >= 11 is 15.4. The highest BCUT2D eigenvalue weighted by atomic mass is 79.9. The van der Waals surface area contributed by atoms with E-state index in [2.05, 4.69) is 15.9 Å². The lowest BCUT2D eigenvalue weighted by atomic mass is 10.2. The third kappa shape index (κ3) is 3.15. The standard InChI is InChI=1S/C13H9BrCl2O/c14-10-5-1-2-7-12(10)17-8-9-4-3-6-11(15)13(9)16/h1-7H,8H2. The second-order valence-corrected chi connectivity index (χ2v) is 5.07. The summed E-state index contributed by atoms with van der Waals surface area (Å²) < 4.78 is 6.58. The molecule has 0 aliphatic rings. The van der Waals surface area contributed by atoms with Crippen molar-refractivity contribution in [2.45, 2.75) is 6.61 Å². The van der Waals surface area contributed by atoms with Crippen LogP contribution in [0.25, 0.3) is 0 Å². The number of rotatable bonds is 3. The summed E-state index contributed by atoms with van der Waals surface area (Å²) in [6, 6.07) is 13.2. The van der Waals surface area contributed by atoms with Crippen molar-refractivity contribution in [2.24, 2.45) is 0 Å². The number of halogens is 3. The molecule has 1 nitrogen and oxygen atoms in total. The molecule has 2 aromatic rings. The van der Waals surface area contributed by atoms with Gasteiger partial charge in [0.05, 0.1) is 14.5 Å². The lowest BCUT2D eigenvalue weighted by molar-refractivity contribution is 0.304. The molecule has 0 bridgehead atoms. The summed E-state index contributed by atoms with van der Waals surface area (Å²) in [6.45, 7) is 0.391. The summed E-state index contributed by atoms with van der Waals surface area (Å²) in [5.74, 6) is 0.781. The second kappa shape index (κ2) is 5.76. The molecule has 0 aromatic heterocycles. The van der Waals surface area contributed by atoms with Crippen molar-refractivity contribution in [1.29, 1.82) is 0 Å².